The Morgan fingerprint density at radius 3 is 2.92 bits per heavy atom. The van der Waals surface area contributed by atoms with Crippen molar-refractivity contribution >= 4 is 27.3 Å². The number of nitrogens with one attached hydrogen (secondary N) is 1. The molecular formula is C10H14BrNS. The summed E-state index contributed by atoms with van der Waals surface area (Å²) in [7, 11) is 0. The molecule has 0 amide bonds. The van der Waals surface area contributed by atoms with Gasteiger partial charge >= 0.3 is 0 Å². The van der Waals surface area contributed by atoms with E-state index in [0.717, 1.165) is 13.0 Å². The summed E-state index contributed by atoms with van der Waals surface area (Å²) in [5, 5.41) is 3.43. The van der Waals surface area contributed by atoms with Crippen LogP contribution in [0.3, 0.4) is 0 Å². The standard InChI is InChI=1S/C10H14BrNS/c1-3-5-8(12-4-2)9-6-7-10(11)13-9/h3,6-8,12H,1,4-5H2,2H3. The molecule has 72 valence electrons. The van der Waals surface area contributed by atoms with Gasteiger partial charge in [0.25, 0.3) is 0 Å². The van der Waals surface area contributed by atoms with Crippen LogP contribution in [0.15, 0.2) is 28.6 Å². The first-order valence-corrected chi connectivity index (χ1v) is 5.98. The van der Waals surface area contributed by atoms with Crippen molar-refractivity contribution in [3.63, 3.8) is 0 Å². The van der Waals surface area contributed by atoms with Crippen LogP contribution >= 0.6 is 27.3 Å². The van der Waals surface area contributed by atoms with Gasteiger partial charge in [-0.1, -0.05) is 13.0 Å². The summed E-state index contributed by atoms with van der Waals surface area (Å²) < 4.78 is 1.19. The molecule has 0 aromatic carbocycles. The fourth-order valence-corrected chi connectivity index (χ4v) is 2.74. The summed E-state index contributed by atoms with van der Waals surface area (Å²) in [5.41, 5.74) is 0. The summed E-state index contributed by atoms with van der Waals surface area (Å²) in [6.07, 6.45) is 2.95. The Kier molecular flexibility index (Phi) is 4.70. The van der Waals surface area contributed by atoms with Gasteiger partial charge in [-0.15, -0.1) is 17.9 Å². The minimum absolute atomic E-state index is 0.429. The van der Waals surface area contributed by atoms with E-state index in [2.05, 4.69) is 46.9 Å². The topological polar surface area (TPSA) is 12.0 Å². The highest BCUT2D eigenvalue weighted by molar-refractivity contribution is 9.11. The molecule has 1 aromatic heterocycles. The van der Waals surface area contributed by atoms with E-state index in [1.807, 2.05) is 6.08 Å². The number of thiophene rings is 1. The molecule has 1 atom stereocenters. The first kappa shape index (κ1) is 11.0. The Labute approximate surface area is 92.0 Å². The van der Waals surface area contributed by atoms with Crippen LogP contribution in [-0.2, 0) is 0 Å². The van der Waals surface area contributed by atoms with E-state index in [9.17, 15) is 0 Å². The molecule has 0 saturated heterocycles. The molecule has 3 heteroatoms. The summed E-state index contributed by atoms with van der Waals surface area (Å²) in [5.74, 6) is 0. The van der Waals surface area contributed by atoms with E-state index in [0.29, 0.717) is 6.04 Å². The molecule has 0 spiro atoms. The SMILES string of the molecule is C=CCC(NCC)c1ccc(Br)s1. The van der Waals surface area contributed by atoms with Crippen LogP contribution in [0.2, 0.25) is 0 Å². The molecule has 1 N–H and O–H groups in total. The van der Waals surface area contributed by atoms with Crippen LogP contribution in [0.4, 0.5) is 0 Å². The molecule has 0 bridgehead atoms. The van der Waals surface area contributed by atoms with E-state index in [1.54, 1.807) is 11.3 Å². The van der Waals surface area contributed by atoms with Crippen molar-refractivity contribution in [1.82, 2.24) is 5.32 Å². The molecule has 0 fully saturated rings. The third-order valence-electron chi connectivity index (χ3n) is 1.79. The first-order chi connectivity index (χ1) is 6.27. The lowest BCUT2D eigenvalue weighted by Gasteiger charge is -2.13. The number of hydrogen-bond acceptors (Lipinski definition) is 2. The summed E-state index contributed by atoms with van der Waals surface area (Å²) in [6, 6.07) is 4.68. The molecule has 0 aliphatic rings. The van der Waals surface area contributed by atoms with Crippen LogP contribution in [-0.4, -0.2) is 6.54 Å². The van der Waals surface area contributed by atoms with Gasteiger partial charge in [0.05, 0.1) is 3.79 Å². The lowest BCUT2D eigenvalue weighted by Crippen LogP contribution is -2.19. The fraction of sp³-hybridized carbons (Fsp3) is 0.400. The number of halogens is 1. The number of hydrogen-bond donors (Lipinski definition) is 1. The molecule has 1 heterocycles. The highest BCUT2D eigenvalue weighted by atomic mass is 79.9. The molecule has 1 unspecified atom stereocenters. The highest BCUT2D eigenvalue weighted by Gasteiger charge is 2.09. The van der Waals surface area contributed by atoms with Crippen molar-refractivity contribution in [1.29, 1.82) is 0 Å². The van der Waals surface area contributed by atoms with Gasteiger partial charge in [0.15, 0.2) is 0 Å². The van der Waals surface area contributed by atoms with Crippen molar-refractivity contribution in [2.24, 2.45) is 0 Å². The van der Waals surface area contributed by atoms with Crippen molar-refractivity contribution in [2.45, 2.75) is 19.4 Å². The van der Waals surface area contributed by atoms with Crippen molar-refractivity contribution in [3.05, 3.63) is 33.5 Å². The Morgan fingerprint density at radius 2 is 2.46 bits per heavy atom. The minimum Gasteiger partial charge on any atom is -0.309 e. The quantitative estimate of drug-likeness (QED) is 0.795. The van der Waals surface area contributed by atoms with Crippen molar-refractivity contribution in [3.8, 4) is 0 Å². The zero-order chi connectivity index (χ0) is 9.68. The lowest BCUT2D eigenvalue weighted by atomic mass is 10.1. The van der Waals surface area contributed by atoms with Crippen molar-refractivity contribution in [2.75, 3.05) is 6.54 Å². The molecule has 1 aromatic rings. The maximum absolute atomic E-state index is 3.77. The van der Waals surface area contributed by atoms with Gasteiger partial charge in [0.1, 0.15) is 0 Å². The average Bonchev–Trinajstić information content (AvgIpc) is 2.51. The van der Waals surface area contributed by atoms with E-state index in [1.165, 1.54) is 8.66 Å². The Morgan fingerprint density at radius 1 is 1.69 bits per heavy atom. The van der Waals surface area contributed by atoms with E-state index in [4.69, 9.17) is 0 Å². The smallest absolute Gasteiger partial charge is 0.0701 e. The third-order valence-corrected chi connectivity index (χ3v) is 3.53. The summed E-state index contributed by atoms with van der Waals surface area (Å²) in [6.45, 7) is 6.89. The van der Waals surface area contributed by atoms with Crippen LogP contribution in [0.1, 0.15) is 24.3 Å². The number of rotatable bonds is 5. The predicted octanol–water partition coefficient (Wildman–Crippen LogP) is 3.74. The normalized spacial score (nSPS) is 12.8. The Hall–Kier alpha value is -0.120. The predicted molar refractivity (Wildman–Crippen MR) is 63.3 cm³/mol. The van der Waals surface area contributed by atoms with Gasteiger partial charge in [0.2, 0.25) is 0 Å². The van der Waals surface area contributed by atoms with Gasteiger partial charge < -0.3 is 5.32 Å². The molecule has 0 radical (unpaired) electrons. The average molecular weight is 260 g/mol. The summed E-state index contributed by atoms with van der Waals surface area (Å²) >= 11 is 5.25. The third kappa shape index (κ3) is 3.25. The van der Waals surface area contributed by atoms with Crippen molar-refractivity contribution < 1.29 is 0 Å². The first-order valence-electron chi connectivity index (χ1n) is 4.37. The van der Waals surface area contributed by atoms with Gasteiger partial charge in [-0.2, -0.15) is 0 Å². The molecule has 1 rings (SSSR count). The Balaban J connectivity index is 2.68. The van der Waals surface area contributed by atoms with Crippen LogP contribution < -0.4 is 5.32 Å². The molecule has 0 aliphatic heterocycles. The van der Waals surface area contributed by atoms with E-state index < -0.39 is 0 Å². The van der Waals surface area contributed by atoms with Gasteiger partial charge in [-0.3, -0.25) is 0 Å². The second kappa shape index (κ2) is 5.58. The summed E-state index contributed by atoms with van der Waals surface area (Å²) in [4.78, 5) is 1.37. The van der Waals surface area contributed by atoms with Gasteiger partial charge in [0, 0.05) is 10.9 Å². The molecular weight excluding hydrogens is 246 g/mol. The Bertz CT molecular complexity index is 270. The van der Waals surface area contributed by atoms with Gasteiger partial charge in [-0.25, -0.2) is 0 Å². The zero-order valence-electron chi connectivity index (χ0n) is 7.72. The maximum atomic E-state index is 3.77. The maximum Gasteiger partial charge on any atom is 0.0701 e. The van der Waals surface area contributed by atoms with Crippen LogP contribution in [0, 0.1) is 0 Å². The zero-order valence-corrected chi connectivity index (χ0v) is 10.1. The van der Waals surface area contributed by atoms with E-state index in [-0.39, 0.29) is 0 Å². The minimum atomic E-state index is 0.429. The second-order valence-corrected chi connectivity index (χ2v) is 5.27. The molecule has 0 aliphatic carbocycles. The fourth-order valence-electron chi connectivity index (χ4n) is 1.23. The van der Waals surface area contributed by atoms with E-state index >= 15 is 0 Å². The van der Waals surface area contributed by atoms with Crippen LogP contribution in [0.25, 0.3) is 0 Å². The second-order valence-electron chi connectivity index (χ2n) is 2.78. The lowest BCUT2D eigenvalue weighted by molar-refractivity contribution is 0.567. The monoisotopic (exact) mass is 259 g/mol. The van der Waals surface area contributed by atoms with Gasteiger partial charge in [-0.05, 0) is 41.0 Å². The molecule has 13 heavy (non-hydrogen) atoms. The largest absolute Gasteiger partial charge is 0.309 e. The van der Waals surface area contributed by atoms with Crippen LogP contribution in [0.5, 0.6) is 0 Å². The molecule has 1 nitrogen and oxygen atoms in total. The highest BCUT2D eigenvalue weighted by Crippen LogP contribution is 2.28. The molecule has 0 saturated carbocycles.